The van der Waals surface area contributed by atoms with Gasteiger partial charge in [-0.15, -0.1) is 0 Å². The van der Waals surface area contributed by atoms with Gasteiger partial charge in [-0.05, 0) is 17.7 Å². The molecule has 0 aliphatic carbocycles. The first-order chi connectivity index (χ1) is 18.5. The molecule has 2 aromatic heterocycles. The number of carbonyl (C=O) groups is 4. The summed E-state index contributed by atoms with van der Waals surface area (Å²) in [7, 11) is 0. The second-order valence-corrected chi connectivity index (χ2v) is 9.34. The van der Waals surface area contributed by atoms with Crippen LogP contribution < -0.4 is 10.1 Å². The SMILES string of the molecule is CC(=O)Nc1nc(OCc2ccc(Br)cc2)c2ncn([C@@H]3O[C@H](OC(C)=O)[C@@H](OC(C)=O)[C@H]3OC(C)=O)c2n1. The van der Waals surface area contributed by atoms with E-state index in [1.807, 2.05) is 24.3 Å². The van der Waals surface area contributed by atoms with E-state index in [-0.39, 0.29) is 29.6 Å². The number of halogens is 1. The zero-order chi connectivity index (χ0) is 28.3. The van der Waals surface area contributed by atoms with E-state index >= 15 is 0 Å². The predicted molar refractivity (Wildman–Crippen MR) is 135 cm³/mol. The summed E-state index contributed by atoms with van der Waals surface area (Å²) >= 11 is 3.38. The number of nitrogens with zero attached hydrogens (tertiary/aromatic N) is 4. The minimum atomic E-state index is -1.40. The van der Waals surface area contributed by atoms with Crippen LogP contribution >= 0.6 is 15.9 Å². The van der Waals surface area contributed by atoms with Gasteiger partial charge in [0, 0.05) is 32.2 Å². The molecule has 39 heavy (non-hydrogen) atoms. The number of imidazole rings is 1. The molecule has 3 aromatic rings. The second kappa shape index (κ2) is 11.7. The van der Waals surface area contributed by atoms with Crippen LogP contribution in [0, 0.1) is 0 Å². The Morgan fingerprint density at radius 3 is 2.21 bits per heavy atom. The highest BCUT2D eigenvalue weighted by molar-refractivity contribution is 9.10. The molecule has 0 radical (unpaired) electrons. The highest BCUT2D eigenvalue weighted by Gasteiger charge is 2.52. The number of benzene rings is 1. The fraction of sp³-hybridized carbons (Fsp3) is 0.375. The molecule has 3 heterocycles. The average molecular weight is 606 g/mol. The van der Waals surface area contributed by atoms with Gasteiger partial charge in [0.05, 0.1) is 6.33 Å². The van der Waals surface area contributed by atoms with E-state index in [0.29, 0.717) is 0 Å². The van der Waals surface area contributed by atoms with Gasteiger partial charge >= 0.3 is 17.9 Å². The second-order valence-electron chi connectivity index (χ2n) is 8.43. The standard InChI is InChI=1S/C24H24BrN5O9/c1-11(31)27-24-28-20-17(21(29-24)35-9-15-5-7-16(25)8-6-15)26-10-30(20)22-18(36-12(2)32)19(37-13(3)33)23(39-22)38-14(4)34/h5-8,10,18-19,22-23H,9H2,1-4H3,(H,27,28,29,31)/t18-,19+,22-,23+/m1/s1. The van der Waals surface area contributed by atoms with Gasteiger partial charge in [0.1, 0.15) is 6.61 Å². The van der Waals surface area contributed by atoms with Crippen molar-refractivity contribution >= 4 is 56.9 Å². The Balaban J connectivity index is 1.76. The van der Waals surface area contributed by atoms with E-state index < -0.39 is 48.5 Å². The van der Waals surface area contributed by atoms with Crippen LogP contribution in [-0.2, 0) is 44.7 Å². The molecular weight excluding hydrogens is 582 g/mol. The summed E-state index contributed by atoms with van der Waals surface area (Å²) in [6, 6.07) is 7.43. The van der Waals surface area contributed by atoms with Crippen LogP contribution in [0.3, 0.4) is 0 Å². The van der Waals surface area contributed by atoms with Crippen molar-refractivity contribution in [2.24, 2.45) is 0 Å². The van der Waals surface area contributed by atoms with Gasteiger partial charge in [0.25, 0.3) is 0 Å². The number of esters is 3. The number of nitrogens with one attached hydrogen (secondary N) is 1. The first-order valence-corrected chi connectivity index (χ1v) is 12.4. The van der Waals surface area contributed by atoms with Crippen molar-refractivity contribution in [3.63, 3.8) is 0 Å². The van der Waals surface area contributed by atoms with Gasteiger partial charge in [0.15, 0.2) is 23.5 Å². The third kappa shape index (κ3) is 6.67. The van der Waals surface area contributed by atoms with Crippen molar-refractivity contribution in [1.82, 2.24) is 19.5 Å². The summed E-state index contributed by atoms with van der Waals surface area (Å²) in [4.78, 5) is 60.3. The van der Waals surface area contributed by atoms with E-state index in [1.54, 1.807) is 0 Å². The van der Waals surface area contributed by atoms with Gasteiger partial charge in [-0.1, -0.05) is 28.1 Å². The molecule has 1 aromatic carbocycles. The normalized spacial score (nSPS) is 20.3. The summed E-state index contributed by atoms with van der Waals surface area (Å²) in [6.45, 7) is 4.88. The van der Waals surface area contributed by atoms with E-state index in [2.05, 4.69) is 36.2 Å². The minimum absolute atomic E-state index is 0.0560. The van der Waals surface area contributed by atoms with Crippen LogP contribution in [0.1, 0.15) is 39.5 Å². The van der Waals surface area contributed by atoms with E-state index in [4.69, 9.17) is 23.7 Å². The Bertz CT molecular complexity index is 1410. The van der Waals surface area contributed by atoms with Gasteiger partial charge < -0.3 is 23.7 Å². The predicted octanol–water partition coefficient (Wildman–Crippen LogP) is 2.41. The maximum Gasteiger partial charge on any atom is 0.305 e. The molecule has 15 heteroatoms. The summed E-state index contributed by atoms with van der Waals surface area (Å²) < 4.78 is 30.0. The van der Waals surface area contributed by atoms with Gasteiger partial charge in [-0.3, -0.25) is 29.1 Å². The maximum absolute atomic E-state index is 12.0. The number of hydrogen-bond donors (Lipinski definition) is 1. The molecular formula is C24H24BrN5O9. The molecule has 1 amide bonds. The van der Waals surface area contributed by atoms with Crippen molar-refractivity contribution in [3.8, 4) is 5.88 Å². The highest BCUT2D eigenvalue weighted by atomic mass is 79.9. The molecule has 1 N–H and O–H groups in total. The molecule has 1 aliphatic heterocycles. The minimum Gasteiger partial charge on any atom is -0.471 e. The molecule has 4 rings (SSSR count). The number of aromatic nitrogens is 4. The topological polar surface area (TPSA) is 170 Å². The lowest BCUT2D eigenvalue weighted by molar-refractivity contribution is -0.198. The highest BCUT2D eigenvalue weighted by Crippen LogP contribution is 2.37. The van der Waals surface area contributed by atoms with Crippen LogP contribution in [0.2, 0.25) is 0 Å². The van der Waals surface area contributed by atoms with Crippen molar-refractivity contribution < 1.29 is 42.9 Å². The third-order valence-electron chi connectivity index (χ3n) is 5.27. The van der Waals surface area contributed by atoms with E-state index in [9.17, 15) is 19.2 Å². The number of ether oxygens (including phenoxy) is 5. The van der Waals surface area contributed by atoms with Crippen LogP contribution in [0.15, 0.2) is 35.1 Å². The molecule has 0 unspecified atom stereocenters. The molecule has 1 saturated heterocycles. The Kier molecular flexibility index (Phi) is 8.40. The fourth-order valence-electron chi connectivity index (χ4n) is 3.85. The van der Waals surface area contributed by atoms with Crippen LogP contribution in [-0.4, -0.2) is 61.8 Å². The Hall–Kier alpha value is -4.11. The monoisotopic (exact) mass is 605 g/mol. The quantitative estimate of drug-likeness (QED) is 0.294. The largest absolute Gasteiger partial charge is 0.471 e. The molecule has 4 atom stereocenters. The average Bonchev–Trinajstić information content (AvgIpc) is 3.39. The molecule has 1 aliphatic rings. The molecule has 14 nitrogen and oxygen atoms in total. The Labute approximate surface area is 230 Å². The summed E-state index contributed by atoms with van der Waals surface area (Å²) in [5, 5.41) is 2.51. The number of rotatable bonds is 8. The lowest BCUT2D eigenvalue weighted by Crippen LogP contribution is -2.40. The number of hydrogen-bond acceptors (Lipinski definition) is 12. The van der Waals surface area contributed by atoms with Crippen molar-refractivity contribution in [1.29, 1.82) is 0 Å². The summed E-state index contributed by atoms with van der Waals surface area (Å²) in [6.07, 6.45) is -3.82. The fourth-order valence-corrected chi connectivity index (χ4v) is 4.11. The van der Waals surface area contributed by atoms with E-state index in [0.717, 1.165) is 30.8 Å². The zero-order valence-electron chi connectivity index (χ0n) is 21.2. The van der Waals surface area contributed by atoms with Crippen LogP contribution in [0.25, 0.3) is 11.2 Å². The van der Waals surface area contributed by atoms with Gasteiger partial charge in [0.2, 0.25) is 30.1 Å². The smallest absolute Gasteiger partial charge is 0.305 e. The summed E-state index contributed by atoms with van der Waals surface area (Å²) in [5.74, 6) is -2.59. The number of anilines is 1. The first-order valence-electron chi connectivity index (χ1n) is 11.6. The molecule has 0 spiro atoms. The molecule has 0 saturated carbocycles. The molecule has 1 fully saturated rings. The number of fused-ring (bicyclic) bond motifs is 1. The number of amides is 1. The Morgan fingerprint density at radius 1 is 0.949 bits per heavy atom. The Morgan fingerprint density at radius 2 is 1.59 bits per heavy atom. The summed E-state index contributed by atoms with van der Waals surface area (Å²) in [5.41, 5.74) is 1.17. The number of carbonyl (C=O) groups excluding carboxylic acids is 4. The lowest BCUT2D eigenvalue weighted by Gasteiger charge is -2.23. The van der Waals surface area contributed by atoms with Crippen molar-refractivity contribution in [2.75, 3.05) is 5.32 Å². The molecule has 206 valence electrons. The van der Waals surface area contributed by atoms with Crippen LogP contribution in [0.5, 0.6) is 5.88 Å². The zero-order valence-corrected chi connectivity index (χ0v) is 22.8. The third-order valence-corrected chi connectivity index (χ3v) is 5.80. The van der Waals surface area contributed by atoms with Crippen molar-refractivity contribution in [3.05, 3.63) is 40.6 Å². The lowest BCUT2D eigenvalue weighted by atomic mass is 10.2. The maximum atomic E-state index is 12.0. The van der Waals surface area contributed by atoms with Crippen LogP contribution in [0.4, 0.5) is 5.95 Å². The van der Waals surface area contributed by atoms with E-state index in [1.165, 1.54) is 17.8 Å². The molecule has 0 bridgehead atoms. The van der Waals surface area contributed by atoms with Crippen molar-refractivity contribution in [2.45, 2.75) is 59.0 Å². The van der Waals surface area contributed by atoms with Gasteiger partial charge in [-0.25, -0.2) is 4.98 Å². The first kappa shape index (κ1) is 27.9. The van der Waals surface area contributed by atoms with Gasteiger partial charge in [-0.2, -0.15) is 9.97 Å².